The largest absolute Gasteiger partial charge is 0.309 e. The molecule has 15 heavy (non-hydrogen) atoms. The van der Waals surface area contributed by atoms with Gasteiger partial charge in [-0.2, -0.15) is 8.78 Å². The summed E-state index contributed by atoms with van der Waals surface area (Å²) in [6.45, 7) is 0. The highest BCUT2D eigenvalue weighted by atomic mass is 19.3. The van der Waals surface area contributed by atoms with Crippen molar-refractivity contribution in [1.29, 1.82) is 0 Å². The van der Waals surface area contributed by atoms with Gasteiger partial charge in [-0.3, -0.25) is 4.79 Å². The van der Waals surface area contributed by atoms with Crippen LogP contribution in [0.3, 0.4) is 0 Å². The fourth-order valence-corrected chi connectivity index (χ4v) is 1.93. The Morgan fingerprint density at radius 3 is 2.67 bits per heavy atom. The van der Waals surface area contributed by atoms with Gasteiger partial charge in [0.2, 0.25) is 5.78 Å². The van der Waals surface area contributed by atoms with E-state index in [9.17, 15) is 13.6 Å². The van der Waals surface area contributed by atoms with Crippen LogP contribution in [0.5, 0.6) is 0 Å². The van der Waals surface area contributed by atoms with Crippen LogP contribution in [0, 0.1) is 0 Å². The molecule has 1 aromatic rings. The molecule has 0 atom stereocenters. The van der Waals surface area contributed by atoms with E-state index in [2.05, 4.69) is 0 Å². The molecule has 1 aliphatic rings. The third-order valence-electron chi connectivity index (χ3n) is 2.78. The average molecular weight is 210 g/mol. The number of rotatable bonds is 0. The molecule has 0 amide bonds. The highest BCUT2D eigenvalue weighted by Crippen LogP contribution is 2.30. The molecule has 3 heteroatoms. The number of alkyl halides is 2. The summed E-state index contributed by atoms with van der Waals surface area (Å²) < 4.78 is 26.7. The Bertz CT molecular complexity index is 385. The molecule has 0 saturated heterocycles. The van der Waals surface area contributed by atoms with Crippen molar-refractivity contribution in [2.24, 2.45) is 0 Å². The van der Waals surface area contributed by atoms with Gasteiger partial charge < -0.3 is 0 Å². The molecule has 0 N–H and O–H groups in total. The van der Waals surface area contributed by atoms with Crippen molar-refractivity contribution in [1.82, 2.24) is 0 Å². The number of Topliss-reactive ketones (excluding diaryl/α,β-unsaturated/α-hetero) is 1. The maximum Gasteiger partial charge on any atom is 0.309 e. The first-order chi connectivity index (χ1) is 7.11. The highest BCUT2D eigenvalue weighted by Gasteiger charge is 2.40. The van der Waals surface area contributed by atoms with Gasteiger partial charge in [0.25, 0.3) is 0 Å². The minimum absolute atomic E-state index is 0.196. The fraction of sp³-hybridized carbons (Fsp3) is 0.417. The normalized spacial score (nSPS) is 20.3. The summed E-state index contributed by atoms with van der Waals surface area (Å²) in [5.41, 5.74) is 0.948. The molecular weight excluding hydrogens is 198 g/mol. The van der Waals surface area contributed by atoms with Gasteiger partial charge in [0, 0.05) is 12.0 Å². The molecule has 80 valence electrons. The van der Waals surface area contributed by atoms with Gasteiger partial charge in [-0.05, 0) is 24.8 Å². The van der Waals surface area contributed by atoms with E-state index in [-0.39, 0.29) is 12.0 Å². The number of aryl methyl sites for hydroxylation is 1. The number of ketones is 1. The third kappa shape index (κ3) is 1.91. The first-order valence-corrected chi connectivity index (χ1v) is 5.12. The molecule has 0 heterocycles. The summed E-state index contributed by atoms with van der Waals surface area (Å²) in [6, 6.07) is 6.67. The van der Waals surface area contributed by atoms with Crippen molar-refractivity contribution >= 4 is 5.78 Å². The smallest absolute Gasteiger partial charge is 0.287 e. The minimum atomic E-state index is -3.18. The predicted molar refractivity (Wildman–Crippen MR) is 53.3 cm³/mol. The molecule has 0 aromatic heterocycles. The lowest BCUT2D eigenvalue weighted by Crippen LogP contribution is -2.30. The Kier molecular flexibility index (Phi) is 2.55. The SMILES string of the molecule is O=C1c2ccccc2CCCCC1(F)F. The Hall–Kier alpha value is -1.25. The molecule has 1 aromatic carbocycles. The maximum absolute atomic E-state index is 13.4. The zero-order valence-electron chi connectivity index (χ0n) is 8.30. The molecule has 0 saturated carbocycles. The number of fused-ring (bicyclic) bond motifs is 1. The standard InChI is InChI=1S/C12H12F2O/c13-12(14)8-4-3-6-9-5-1-2-7-10(9)11(12)15/h1-2,5,7H,3-4,6,8H2. The van der Waals surface area contributed by atoms with E-state index in [4.69, 9.17) is 0 Å². The summed E-state index contributed by atoms with van der Waals surface area (Å²) in [7, 11) is 0. The van der Waals surface area contributed by atoms with Crippen molar-refractivity contribution < 1.29 is 13.6 Å². The Morgan fingerprint density at radius 2 is 1.87 bits per heavy atom. The van der Waals surface area contributed by atoms with Gasteiger partial charge in [-0.15, -0.1) is 0 Å². The van der Waals surface area contributed by atoms with Crippen molar-refractivity contribution in [2.45, 2.75) is 31.6 Å². The summed E-state index contributed by atoms with van der Waals surface area (Å²) >= 11 is 0. The quantitative estimate of drug-likeness (QED) is 0.642. The first kappa shape index (κ1) is 10.3. The average Bonchev–Trinajstić information content (AvgIpc) is 2.22. The fourth-order valence-electron chi connectivity index (χ4n) is 1.93. The van der Waals surface area contributed by atoms with E-state index < -0.39 is 11.7 Å². The van der Waals surface area contributed by atoms with Gasteiger partial charge in [0.05, 0.1) is 0 Å². The Labute approximate surface area is 87.1 Å². The van der Waals surface area contributed by atoms with Crippen LogP contribution in [-0.2, 0) is 6.42 Å². The van der Waals surface area contributed by atoms with E-state index in [1.807, 2.05) is 0 Å². The van der Waals surface area contributed by atoms with Crippen molar-refractivity contribution in [2.75, 3.05) is 0 Å². The molecule has 0 spiro atoms. The second-order valence-electron chi connectivity index (χ2n) is 3.90. The van der Waals surface area contributed by atoms with Crippen molar-refractivity contribution in [3.05, 3.63) is 35.4 Å². The number of carbonyl (C=O) groups excluding carboxylic acids is 1. The molecule has 1 aliphatic carbocycles. The summed E-state index contributed by atoms with van der Waals surface area (Å²) in [4.78, 5) is 11.6. The summed E-state index contributed by atoms with van der Waals surface area (Å²) in [5.74, 6) is -4.20. The minimum Gasteiger partial charge on any atom is -0.287 e. The van der Waals surface area contributed by atoms with Gasteiger partial charge in [0.1, 0.15) is 0 Å². The van der Waals surface area contributed by atoms with E-state index in [0.29, 0.717) is 6.42 Å². The number of carbonyl (C=O) groups is 1. The number of halogens is 2. The Morgan fingerprint density at radius 1 is 1.13 bits per heavy atom. The van der Waals surface area contributed by atoms with Crippen LogP contribution in [0.4, 0.5) is 8.78 Å². The van der Waals surface area contributed by atoms with E-state index in [1.54, 1.807) is 18.2 Å². The number of benzene rings is 1. The lowest BCUT2D eigenvalue weighted by molar-refractivity contribution is 0.00263. The van der Waals surface area contributed by atoms with Crippen LogP contribution >= 0.6 is 0 Å². The van der Waals surface area contributed by atoms with Crippen molar-refractivity contribution in [3.8, 4) is 0 Å². The van der Waals surface area contributed by atoms with E-state index in [1.165, 1.54) is 6.07 Å². The number of hydrogen-bond donors (Lipinski definition) is 0. The predicted octanol–water partition coefficient (Wildman–Crippen LogP) is 3.23. The van der Waals surface area contributed by atoms with Crippen LogP contribution in [0.1, 0.15) is 35.2 Å². The molecule has 0 bridgehead atoms. The van der Waals surface area contributed by atoms with Crippen LogP contribution in [0.15, 0.2) is 24.3 Å². The molecule has 2 rings (SSSR count). The van der Waals surface area contributed by atoms with Gasteiger partial charge in [-0.25, -0.2) is 0 Å². The van der Waals surface area contributed by atoms with Crippen molar-refractivity contribution in [3.63, 3.8) is 0 Å². The highest BCUT2D eigenvalue weighted by molar-refractivity contribution is 6.02. The summed E-state index contributed by atoms with van der Waals surface area (Å²) in [5, 5.41) is 0. The van der Waals surface area contributed by atoms with Gasteiger partial charge >= 0.3 is 5.92 Å². The molecule has 0 radical (unpaired) electrons. The van der Waals surface area contributed by atoms with Crippen LogP contribution in [0.25, 0.3) is 0 Å². The zero-order chi connectivity index (χ0) is 10.9. The zero-order valence-corrected chi connectivity index (χ0v) is 8.30. The monoisotopic (exact) mass is 210 g/mol. The third-order valence-corrected chi connectivity index (χ3v) is 2.78. The van der Waals surface area contributed by atoms with Gasteiger partial charge in [-0.1, -0.05) is 24.3 Å². The molecule has 0 aliphatic heterocycles. The van der Waals surface area contributed by atoms with Gasteiger partial charge in [0.15, 0.2) is 0 Å². The maximum atomic E-state index is 13.4. The second kappa shape index (κ2) is 3.72. The lowest BCUT2D eigenvalue weighted by atomic mass is 9.90. The molecule has 0 fully saturated rings. The van der Waals surface area contributed by atoms with E-state index >= 15 is 0 Å². The second-order valence-corrected chi connectivity index (χ2v) is 3.90. The van der Waals surface area contributed by atoms with E-state index in [0.717, 1.165) is 18.4 Å². The Balaban J connectivity index is 2.46. The summed E-state index contributed by atoms with van der Waals surface area (Å²) in [6.07, 6.45) is 1.53. The number of hydrogen-bond acceptors (Lipinski definition) is 1. The topological polar surface area (TPSA) is 17.1 Å². The van der Waals surface area contributed by atoms with Crippen LogP contribution in [-0.4, -0.2) is 11.7 Å². The first-order valence-electron chi connectivity index (χ1n) is 5.12. The molecule has 0 unspecified atom stereocenters. The van der Waals surface area contributed by atoms with Crippen LogP contribution in [0.2, 0.25) is 0 Å². The van der Waals surface area contributed by atoms with Crippen LogP contribution < -0.4 is 0 Å². The molecular formula is C12H12F2O. The lowest BCUT2D eigenvalue weighted by Gasteiger charge is -2.20. The molecule has 1 nitrogen and oxygen atoms in total.